The molecule has 6 N–H and O–H groups in total. The average Bonchev–Trinajstić information content (AvgIpc) is 3.32. The lowest BCUT2D eigenvalue weighted by atomic mass is 9.79. The summed E-state index contributed by atoms with van der Waals surface area (Å²) in [5.41, 5.74) is 9.70. The number of carbonyl (C=O) groups excluding carboxylic acids is 1. The molecular formula is C21H23N7OS. The molecule has 0 bridgehead atoms. The van der Waals surface area contributed by atoms with Crippen molar-refractivity contribution in [2.24, 2.45) is 10.9 Å². The number of nitrogens with zero attached hydrogens (tertiary/aromatic N) is 2. The molecule has 1 fully saturated rings. The first-order chi connectivity index (χ1) is 14.7. The van der Waals surface area contributed by atoms with Crippen LogP contribution in [0.3, 0.4) is 0 Å². The summed E-state index contributed by atoms with van der Waals surface area (Å²) in [5.74, 6) is 6.00. The van der Waals surface area contributed by atoms with Gasteiger partial charge in [-0.3, -0.25) is 4.98 Å². The SMILES string of the molecule is CNNC(=NN)c1ccc(C2NC(=O)NC(c3cccnc3)C2c2ccsc2)cc1. The molecule has 9 heteroatoms. The third-order valence-corrected chi connectivity index (χ3v) is 5.88. The Morgan fingerprint density at radius 1 is 1.10 bits per heavy atom. The predicted octanol–water partition coefficient (Wildman–Crippen LogP) is 2.37. The topological polar surface area (TPSA) is 116 Å². The summed E-state index contributed by atoms with van der Waals surface area (Å²) in [5, 5.41) is 14.1. The molecule has 3 atom stereocenters. The zero-order valence-electron chi connectivity index (χ0n) is 16.4. The molecule has 1 saturated heterocycles. The lowest BCUT2D eigenvalue weighted by Gasteiger charge is -2.39. The Morgan fingerprint density at radius 2 is 1.87 bits per heavy atom. The van der Waals surface area contributed by atoms with Gasteiger partial charge in [-0.05, 0) is 39.6 Å². The van der Waals surface area contributed by atoms with Crippen molar-refractivity contribution >= 4 is 23.2 Å². The molecule has 2 amide bonds. The van der Waals surface area contributed by atoms with Crippen LogP contribution in [0.5, 0.6) is 0 Å². The van der Waals surface area contributed by atoms with Crippen LogP contribution in [0.1, 0.15) is 40.3 Å². The van der Waals surface area contributed by atoms with E-state index in [0.717, 1.165) is 22.3 Å². The molecule has 4 rings (SSSR count). The standard InChI is InChI=1S/C21H23N7OS/c1-23-28-20(27-22)14-6-4-13(5-7-14)18-17(16-8-10-30-12-16)19(26-21(29)25-18)15-3-2-9-24-11-15/h2-12,17-19,23H,22H2,1H3,(H,27,28)(H2,25,26,29). The van der Waals surface area contributed by atoms with Gasteiger partial charge in [0, 0.05) is 30.9 Å². The van der Waals surface area contributed by atoms with Crippen molar-refractivity contribution in [2.45, 2.75) is 18.0 Å². The number of amidine groups is 1. The summed E-state index contributed by atoms with van der Waals surface area (Å²) in [6.07, 6.45) is 3.54. The second kappa shape index (κ2) is 8.93. The van der Waals surface area contributed by atoms with Crippen molar-refractivity contribution in [3.8, 4) is 0 Å². The van der Waals surface area contributed by atoms with Gasteiger partial charge in [0.05, 0.1) is 12.1 Å². The van der Waals surface area contributed by atoms with Crippen LogP contribution in [-0.2, 0) is 0 Å². The van der Waals surface area contributed by atoms with Crippen LogP contribution in [0.2, 0.25) is 0 Å². The van der Waals surface area contributed by atoms with E-state index in [4.69, 9.17) is 5.84 Å². The molecule has 1 aliphatic heterocycles. The van der Waals surface area contributed by atoms with Crippen LogP contribution in [0.4, 0.5) is 4.79 Å². The van der Waals surface area contributed by atoms with E-state index in [9.17, 15) is 4.79 Å². The van der Waals surface area contributed by atoms with Gasteiger partial charge in [-0.2, -0.15) is 16.4 Å². The average molecular weight is 422 g/mol. The summed E-state index contributed by atoms with van der Waals surface area (Å²) in [4.78, 5) is 16.8. The number of nitrogens with two attached hydrogens (primary N) is 1. The minimum atomic E-state index is -0.205. The van der Waals surface area contributed by atoms with Gasteiger partial charge in [0.2, 0.25) is 0 Å². The van der Waals surface area contributed by atoms with Gasteiger partial charge < -0.3 is 21.9 Å². The van der Waals surface area contributed by atoms with Crippen molar-refractivity contribution in [1.29, 1.82) is 0 Å². The number of urea groups is 1. The molecule has 3 unspecified atom stereocenters. The number of nitrogens with one attached hydrogen (secondary N) is 4. The Labute approximate surface area is 178 Å². The van der Waals surface area contributed by atoms with E-state index in [1.807, 2.05) is 42.6 Å². The van der Waals surface area contributed by atoms with Gasteiger partial charge in [0.15, 0.2) is 5.84 Å². The summed E-state index contributed by atoms with van der Waals surface area (Å²) in [7, 11) is 1.74. The zero-order valence-corrected chi connectivity index (χ0v) is 17.2. The van der Waals surface area contributed by atoms with E-state index in [1.54, 1.807) is 24.6 Å². The molecule has 154 valence electrons. The number of amides is 2. The van der Waals surface area contributed by atoms with Crippen LogP contribution in [0, 0.1) is 0 Å². The molecule has 1 aliphatic rings. The number of hydrogen-bond donors (Lipinski definition) is 5. The maximum absolute atomic E-state index is 12.6. The number of hydrazone groups is 1. The number of benzene rings is 1. The Bertz CT molecular complexity index is 1010. The number of hydrazine groups is 1. The molecule has 0 saturated carbocycles. The van der Waals surface area contributed by atoms with Crippen LogP contribution < -0.4 is 27.3 Å². The Morgan fingerprint density at radius 3 is 2.47 bits per heavy atom. The van der Waals surface area contributed by atoms with Gasteiger partial charge in [-0.25, -0.2) is 10.2 Å². The Hall–Kier alpha value is -3.43. The maximum Gasteiger partial charge on any atom is 0.315 e. The number of pyridine rings is 1. The summed E-state index contributed by atoms with van der Waals surface area (Å²) in [6, 6.07) is 13.2. The number of aromatic nitrogens is 1. The lowest BCUT2D eigenvalue weighted by Crippen LogP contribution is -2.50. The second-order valence-corrected chi connectivity index (χ2v) is 7.70. The van der Waals surface area contributed by atoms with Crippen molar-refractivity contribution in [1.82, 2.24) is 26.5 Å². The fourth-order valence-electron chi connectivity index (χ4n) is 3.83. The fraction of sp³-hybridized carbons (Fsp3) is 0.190. The maximum atomic E-state index is 12.6. The summed E-state index contributed by atoms with van der Waals surface area (Å²) in [6.45, 7) is 0. The van der Waals surface area contributed by atoms with E-state index < -0.39 is 0 Å². The molecule has 0 spiro atoms. The fourth-order valence-corrected chi connectivity index (χ4v) is 4.54. The highest BCUT2D eigenvalue weighted by Gasteiger charge is 2.39. The number of hydrogen-bond acceptors (Lipinski definition) is 6. The Kier molecular flexibility index (Phi) is 5.92. The van der Waals surface area contributed by atoms with E-state index in [2.05, 4.69) is 48.4 Å². The molecule has 3 aromatic rings. The van der Waals surface area contributed by atoms with Crippen LogP contribution in [0.25, 0.3) is 0 Å². The van der Waals surface area contributed by atoms with Crippen molar-refractivity contribution < 1.29 is 4.79 Å². The molecule has 3 heterocycles. The predicted molar refractivity (Wildman–Crippen MR) is 118 cm³/mol. The molecule has 0 radical (unpaired) electrons. The summed E-state index contributed by atoms with van der Waals surface area (Å²) >= 11 is 1.64. The highest BCUT2D eigenvalue weighted by atomic mass is 32.1. The zero-order chi connectivity index (χ0) is 20.9. The molecule has 0 aliphatic carbocycles. The highest BCUT2D eigenvalue weighted by Crippen LogP contribution is 2.43. The van der Waals surface area contributed by atoms with E-state index in [0.29, 0.717) is 5.84 Å². The lowest BCUT2D eigenvalue weighted by molar-refractivity contribution is 0.210. The quantitative estimate of drug-likeness (QED) is 0.188. The largest absolute Gasteiger partial charge is 0.331 e. The van der Waals surface area contributed by atoms with Gasteiger partial charge in [0.1, 0.15) is 0 Å². The van der Waals surface area contributed by atoms with E-state index in [1.165, 1.54) is 0 Å². The van der Waals surface area contributed by atoms with E-state index in [-0.39, 0.29) is 24.0 Å². The van der Waals surface area contributed by atoms with Crippen molar-refractivity contribution in [2.75, 3.05) is 7.05 Å². The van der Waals surface area contributed by atoms with Crippen LogP contribution in [0.15, 0.2) is 70.7 Å². The molecule has 30 heavy (non-hydrogen) atoms. The smallest absolute Gasteiger partial charge is 0.315 e. The Balaban J connectivity index is 1.72. The van der Waals surface area contributed by atoms with Gasteiger partial charge in [-0.1, -0.05) is 30.3 Å². The minimum Gasteiger partial charge on any atom is -0.331 e. The van der Waals surface area contributed by atoms with Crippen LogP contribution in [-0.4, -0.2) is 23.9 Å². The first kappa shape index (κ1) is 19.9. The molecule has 1 aromatic carbocycles. The second-order valence-electron chi connectivity index (χ2n) is 6.92. The molecule has 2 aromatic heterocycles. The molecular weight excluding hydrogens is 398 g/mol. The van der Waals surface area contributed by atoms with Crippen molar-refractivity contribution in [3.05, 3.63) is 87.9 Å². The monoisotopic (exact) mass is 421 g/mol. The van der Waals surface area contributed by atoms with Crippen molar-refractivity contribution in [3.63, 3.8) is 0 Å². The van der Waals surface area contributed by atoms with Gasteiger partial charge >= 0.3 is 6.03 Å². The normalized spacial score (nSPS) is 21.6. The highest BCUT2D eigenvalue weighted by molar-refractivity contribution is 7.08. The third-order valence-electron chi connectivity index (χ3n) is 5.18. The minimum absolute atomic E-state index is 0.00193. The van der Waals surface area contributed by atoms with Gasteiger partial charge in [0.25, 0.3) is 0 Å². The number of rotatable bonds is 5. The third kappa shape index (κ3) is 3.98. The summed E-state index contributed by atoms with van der Waals surface area (Å²) < 4.78 is 0. The van der Waals surface area contributed by atoms with Crippen LogP contribution >= 0.6 is 11.3 Å². The van der Waals surface area contributed by atoms with Gasteiger partial charge in [-0.15, -0.1) is 0 Å². The number of thiophene rings is 1. The number of carbonyl (C=O) groups is 1. The first-order valence-corrected chi connectivity index (χ1v) is 10.5. The molecule has 8 nitrogen and oxygen atoms in total. The first-order valence-electron chi connectivity index (χ1n) is 9.51. The van der Waals surface area contributed by atoms with E-state index >= 15 is 0 Å².